The van der Waals surface area contributed by atoms with E-state index in [1.54, 1.807) is 36.4 Å². The number of hydrogen-bond donors (Lipinski definition) is 2. The Hall–Kier alpha value is -1.89. The predicted octanol–water partition coefficient (Wildman–Crippen LogP) is 1.23. The van der Waals surface area contributed by atoms with Gasteiger partial charge in [-0.25, -0.2) is 4.39 Å². The summed E-state index contributed by atoms with van der Waals surface area (Å²) in [7, 11) is -0.0723. The van der Waals surface area contributed by atoms with Gasteiger partial charge in [0.05, 0.1) is 20.3 Å². The molecule has 0 saturated carbocycles. The first-order chi connectivity index (χ1) is 10.1. The summed E-state index contributed by atoms with van der Waals surface area (Å²) in [5.41, 5.74) is 1.37. The number of methoxy groups -OCH3 is 1. The Kier molecular flexibility index (Phi) is 5.33. The average molecular weight is 290 g/mol. The minimum Gasteiger partial charge on any atom is -0.497 e. The first-order valence-corrected chi connectivity index (χ1v) is 6.46. The molecule has 0 unspecified atom stereocenters. The van der Waals surface area contributed by atoms with Gasteiger partial charge in [-0.3, -0.25) is 0 Å². The van der Waals surface area contributed by atoms with Gasteiger partial charge in [0.15, 0.2) is 0 Å². The van der Waals surface area contributed by atoms with E-state index in [1.807, 2.05) is 0 Å². The Labute approximate surface area is 122 Å². The summed E-state index contributed by atoms with van der Waals surface area (Å²) in [4.78, 5) is 0. The second kappa shape index (κ2) is 7.22. The summed E-state index contributed by atoms with van der Waals surface area (Å²) in [6.45, 7) is 0.226. The van der Waals surface area contributed by atoms with E-state index in [-0.39, 0.29) is 19.0 Å². The van der Waals surface area contributed by atoms with Crippen LogP contribution in [-0.2, 0) is 18.0 Å². The molecular formula is C15H16BFO4. The van der Waals surface area contributed by atoms with Crippen molar-refractivity contribution in [1.29, 1.82) is 0 Å². The highest BCUT2D eigenvalue weighted by Crippen LogP contribution is 2.14. The van der Waals surface area contributed by atoms with E-state index in [0.29, 0.717) is 22.3 Å². The molecule has 6 heteroatoms. The predicted molar refractivity (Wildman–Crippen MR) is 77.7 cm³/mol. The normalized spacial score (nSPS) is 10.5. The molecule has 2 rings (SSSR count). The van der Waals surface area contributed by atoms with Crippen LogP contribution in [0.15, 0.2) is 42.5 Å². The number of halogens is 1. The van der Waals surface area contributed by atoms with Gasteiger partial charge < -0.3 is 19.5 Å². The molecule has 110 valence electrons. The van der Waals surface area contributed by atoms with E-state index in [0.717, 1.165) is 0 Å². The molecule has 0 fully saturated rings. The maximum Gasteiger partial charge on any atom is 0.488 e. The highest BCUT2D eigenvalue weighted by molar-refractivity contribution is 6.59. The van der Waals surface area contributed by atoms with Gasteiger partial charge >= 0.3 is 7.12 Å². The molecule has 2 aromatic carbocycles. The topological polar surface area (TPSA) is 58.9 Å². The fourth-order valence-corrected chi connectivity index (χ4v) is 1.97. The van der Waals surface area contributed by atoms with Crippen LogP contribution in [0.5, 0.6) is 5.75 Å². The van der Waals surface area contributed by atoms with Crippen molar-refractivity contribution < 1.29 is 23.9 Å². The highest BCUT2D eigenvalue weighted by Gasteiger charge is 2.16. The number of ether oxygens (including phenoxy) is 2. The lowest BCUT2D eigenvalue weighted by Crippen LogP contribution is -2.33. The number of rotatable bonds is 6. The maximum absolute atomic E-state index is 13.5. The third-order valence-corrected chi connectivity index (χ3v) is 3.10. The van der Waals surface area contributed by atoms with Crippen molar-refractivity contribution >= 4 is 12.6 Å². The average Bonchev–Trinajstić information content (AvgIpc) is 2.48. The van der Waals surface area contributed by atoms with Crippen LogP contribution >= 0.6 is 0 Å². The fraction of sp³-hybridized carbons (Fsp3) is 0.200. The molecule has 21 heavy (non-hydrogen) atoms. The minimum atomic E-state index is -1.59. The third-order valence-electron chi connectivity index (χ3n) is 3.10. The van der Waals surface area contributed by atoms with Crippen LogP contribution in [0.1, 0.15) is 11.1 Å². The Morgan fingerprint density at radius 2 is 1.76 bits per heavy atom. The van der Waals surface area contributed by atoms with Crippen LogP contribution in [0.2, 0.25) is 0 Å². The van der Waals surface area contributed by atoms with Crippen molar-refractivity contribution in [3.63, 3.8) is 0 Å². The monoisotopic (exact) mass is 290 g/mol. The molecule has 2 aromatic rings. The van der Waals surface area contributed by atoms with E-state index in [9.17, 15) is 14.4 Å². The Morgan fingerprint density at radius 3 is 2.43 bits per heavy atom. The number of benzene rings is 2. The van der Waals surface area contributed by atoms with E-state index >= 15 is 0 Å². The second-order valence-corrected chi connectivity index (χ2v) is 4.52. The quantitative estimate of drug-likeness (QED) is 0.786. The molecule has 0 amide bonds. The van der Waals surface area contributed by atoms with Crippen LogP contribution in [0.4, 0.5) is 4.39 Å². The maximum atomic E-state index is 13.5. The van der Waals surface area contributed by atoms with Crippen LogP contribution in [0.3, 0.4) is 0 Å². The lowest BCUT2D eigenvalue weighted by atomic mass is 9.77. The number of hydrogen-bond acceptors (Lipinski definition) is 4. The van der Waals surface area contributed by atoms with Crippen LogP contribution in [0, 0.1) is 5.82 Å². The summed E-state index contributed by atoms with van der Waals surface area (Å²) >= 11 is 0. The largest absolute Gasteiger partial charge is 0.497 e. The van der Waals surface area contributed by atoms with Crippen molar-refractivity contribution in [3.8, 4) is 5.75 Å². The van der Waals surface area contributed by atoms with Gasteiger partial charge in [-0.15, -0.1) is 0 Å². The molecule has 0 aliphatic rings. The molecule has 0 aliphatic heterocycles. The lowest BCUT2D eigenvalue weighted by Gasteiger charge is -2.12. The van der Waals surface area contributed by atoms with E-state index in [4.69, 9.17) is 9.47 Å². The molecular weight excluding hydrogens is 274 g/mol. The standard InChI is InChI=1S/C15H16BFO4/c1-20-13-6-7-14(16(18)19)12(8-13)10-21-9-11-4-2-3-5-15(11)17/h2-8,18-19H,9-10H2,1H3. The summed E-state index contributed by atoms with van der Waals surface area (Å²) in [6, 6.07) is 11.2. The van der Waals surface area contributed by atoms with Gasteiger partial charge in [0.25, 0.3) is 0 Å². The molecule has 0 radical (unpaired) electrons. The molecule has 0 heterocycles. The van der Waals surface area contributed by atoms with Crippen molar-refractivity contribution in [2.45, 2.75) is 13.2 Å². The van der Waals surface area contributed by atoms with Gasteiger partial charge in [0.2, 0.25) is 0 Å². The third kappa shape index (κ3) is 4.04. The summed E-state index contributed by atoms with van der Waals surface area (Å²) in [6.07, 6.45) is 0. The molecule has 0 atom stereocenters. The van der Waals surface area contributed by atoms with Gasteiger partial charge in [0.1, 0.15) is 11.6 Å². The molecule has 0 spiro atoms. The van der Waals surface area contributed by atoms with E-state index < -0.39 is 7.12 Å². The van der Waals surface area contributed by atoms with Crippen molar-refractivity contribution in [2.75, 3.05) is 7.11 Å². The minimum absolute atomic E-state index is 0.102. The van der Waals surface area contributed by atoms with Crippen LogP contribution < -0.4 is 10.2 Å². The molecule has 2 N–H and O–H groups in total. The van der Waals surface area contributed by atoms with Gasteiger partial charge in [-0.2, -0.15) is 0 Å². The summed E-state index contributed by atoms with van der Waals surface area (Å²) in [5, 5.41) is 18.7. The van der Waals surface area contributed by atoms with Crippen LogP contribution in [-0.4, -0.2) is 24.3 Å². The fourth-order valence-electron chi connectivity index (χ4n) is 1.97. The Bertz CT molecular complexity index is 604. The molecule has 4 nitrogen and oxygen atoms in total. The molecule has 0 aromatic heterocycles. The molecule has 0 bridgehead atoms. The van der Waals surface area contributed by atoms with E-state index in [1.165, 1.54) is 13.2 Å². The SMILES string of the molecule is COc1ccc(B(O)O)c(COCc2ccccc2F)c1. The van der Waals surface area contributed by atoms with E-state index in [2.05, 4.69) is 0 Å². The van der Waals surface area contributed by atoms with Crippen molar-refractivity contribution in [2.24, 2.45) is 0 Å². The van der Waals surface area contributed by atoms with Crippen molar-refractivity contribution in [1.82, 2.24) is 0 Å². The van der Waals surface area contributed by atoms with Crippen LogP contribution in [0.25, 0.3) is 0 Å². The first-order valence-electron chi connectivity index (χ1n) is 6.46. The first kappa shape index (κ1) is 15.5. The zero-order valence-electron chi connectivity index (χ0n) is 11.6. The van der Waals surface area contributed by atoms with Gasteiger partial charge in [0, 0.05) is 5.56 Å². The highest BCUT2D eigenvalue weighted by atomic mass is 19.1. The second-order valence-electron chi connectivity index (χ2n) is 4.52. The molecule has 0 saturated heterocycles. The lowest BCUT2D eigenvalue weighted by molar-refractivity contribution is 0.105. The van der Waals surface area contributed by atoms with Gasteiger partial charge in [-0.1, -0.05) is 24.3 Å². The van der Waals surface area contributed by atoms with Crippen molar-refractivity contribution in [3.05, 3.63) is 59.4 Å². The molecule has 0 aliphatic carbocycles. The Morgan fingerprint density at radius 1 is 1.05 bits per heavy atom. The zero-order valence-corrected chi connectivity index (χ0v) is 11.6. The smallest absolute Gasteiger partial charge is 0.488 e. The Balaban J connectivity index is 2.07. The van der Waals surface area contributed by atoms with Gasteiger partial charge in [-0.05, 0) is 29.2 Å². The zero-order chi connectivity index (χ0) is 15.2. The summed E-state index contributed by atoms with van der Waals surface area (Å²) < 4.78 is 24.0. The summed E-state index contributed by atoms with van der Waals surface area (Å²) in [5.74, 6) is 0.259.